The highest BCUT2D eigenvalue weighted by molar-refractivity contribution is 5.80. The van der Waals surface area contributed by atoms with Gasteiger partial charge in [0.2, 0.25) is 5.91 Å². The van der Waals surface area contributed by atoms with E-state index in [0.29, 0.717) is 6.42 Å². The molecule has 0 aliphatic carbocycles. The van der Waals surface area contributed by atoms with Gasteiger partial charge >= 0.3 is 0 Å². The molecular formula is C10H11FN2O. The van der Waals surface area contributed by atoms with Gasteiger partial charge in [-0.2, -0.15) is 0 Å². The average Bonchev–Trinajstić information content (AvgIpc) is 2.45. The molecule has 1 fully saturated rings. The van der Waals surface area contributed by atoms with Crippen LogP contribution >= 0.6 is 0 Å². The summed E-state index contributed by atoms with van der Waals surface area (Å²) in [5.74, 6) is -0.386. The van der Waals surface area contributed by atoms with Gasteiger partial charge in [0.25, 0.3) is 0 Å². The number of carbonyl (C=O) groups excluding carboxylic acids is 1. The fourth-order valence-corrected chi connectivity index (χ4v) is 1.70. The molecule has 1 aromatic carbocycles. The third-order valence-electron chi connectivity index (χ3n) is 2.37. The molecule has 1 heterocycles. The molecule has 0 unspecified atom stereocenters. The Morgan fingerprint density at radius 2 is 2.29 bits per heavy atom. The minimum absolute atomic E-state index is 0.0771. The normalized spacial score (nSPS) is 26.3. The molecule has 74 valence electrons. The molecule has 1 amide bonds. The second-order valence-corrected chi connectivity index (χ2v) is 3.47. The maximum atomic E-state index is 12.9. The highest BCUT2D eigenvalue weighted by Gasteiger charge is 2.30. The van der Waals surface area contributed by atoms with E-state index in [1.165, 1.54) is 12.1 Å². The Morgan fingerprint density at radius 3 is 2.86 bits per heavy atom. The van der Waals surface area contributed by atoms with Crippen LogP contribution in [0, 0.1) is 5.82 Å². The van der Waals surface area contributed by atoms with E-state index in [2.05, 4.69) is 5.32 Å². The molecule has 0 spiro atoms. The Labute approximate surface area is 81.1 Å². The summed E-state index contributed by atoms with van der Waals surface area (Å²) in [4.78, 5) is 11.0. The van der Waals surface area contributed by atoms with Gasteiger partial charge in [0, 0.05) is 12.5 Å². The number of benzene rings is 1. The molecule has 0 saturated carbocycles. The predicted molar refractivity (Wildman–Crippen MR) is 49.9 cm³/mol. The number of carbonyl (C=O) groups is 1. The largest absolute Gasteiger partial charge is 0.348 e. The van der Waals surface area contributed by atoms with Crippen LogP contribution < -0.4 is 11.1 Å². The number of nitrogens with two attached hydrogens (primary N) is 1. The van der Waals surface area contributed by atoms with Crippen molar-refractivity contribution in [3.8, 4) is 0 Å². The molecule has 2 atom stereocenters. The van der Waals surface area contributed by atoms with Gasteiger partial charge in [-0.3, -0.25) is 4.79 Å². The molecule has 1 aliphatic rings. The Balaban J connectivity index is 2.27. The maximum absolute atomic E-state index is 12.9. The molecule has 1 saturated heterocycles. The lowest BCUT2D eigenvalue weighted by Crippen LogP contribution is -2.28. The summed E-state index contributed by atoms with van der Waals surface area (Å²) in [6.07, 6.45) is 0.307. The predicted octanol–water partition coefficient (Wildman–Crippen LogP) is 0.714. The molecule has 0 aromatic heterocycles. The lowest BCUT2D eigenvalue weighted by molar-refractivity contribution is -0.119. The first-order chi connectivity index (χ1) is 6.66. The Morgan fingerprint density at radius 1 is 1.50 bits per heavy atom. The third-order valence-corrected chi connectivity index (χ3v) is 2.37. The van der Waals surface area contributed by atoms with Crippen LogP contribution in [0.5, 0.6) is 0 Å². The van der Waals surface area contributed by atoms with Gasteiger partial charge in [-0.05, 0) is 17.7 Å². The van der Waals surface area contributed by atoms with Crippen LogP contribution in [0.3, 0.4) is 0 Å². The zero-order valence-corrected chi connectivity index (χ0v) is 7.53. The first kappa shape index (κ1) is 9.15. The highest BCUT2D eigenvalue weighted by atomic mass is 19.1. The summed E-state index contributed by atoms with van der Waals surface area (Å²) in [6.45, 7) is 0. The van der Waals surface area contributed by atoms with Crippen molar-refractivity contribution in [2.24, 2.45) is 5.73 Å². The minimum atomic E-state index is -0.309. The zero-order chi connectivity index (χ0) is 10.1. The van der Waals surface area contributed by atoms with Crippen molar-refractivity contribution < 1.29 is 9.18 Å². The quantitative estimate of drug-likeness (QED) is 0.692. The van der Waals surface area contributed by atoms with Gasteiger partial charge in [0.15, 0.2) is 0 Å². The van der Waals surface area contributed by atoms with Gasteiger partial charge in [-0.25, -0.2) is 4.39 Å². The molecule has 1 aromatic rings. The molecule has 0 bridgehead atoms. The topological polar surface area (TPSA) is 55.1 Å². The number of nitrogens with one attached hydrogen (secondary N) is 1. The molecule has 1 aliphatic heterocycles. The lowest BCUT2D eigenvalue weighted by atomic mass is 10.0. The Kier molecular flexibility index (Phi) is 2.21. The molecule has 14 heavy (non-hydrogen) atoms. The number of rotatable bonds is 1. The minimum Gasteiger partial charge on any atom is -0.348 e. The van der Waals surface area contributed by atoms with Crippen molar-refractivity contribution in [2.75, 3.05) is 0 Å². The van der Waals surface area contributed by atoms with E-state index in [0.717, 1.165) is 5.56 Å². The fourth-order valence-electron chi connectivity index (χ4n) is 1.70. The summed E-state index contributed by atoms with van der Waals surface area (Å²) >= 11 is 0. The van der Waals surface area contributed by atoms with Crippen LogP contribution in [-0.2, 0) is 4.79 Å². The zero-order valence-electron chi connectivity index (χ0n) is 7.53. The molecule has 2 rings (SSSR count). The summed E-state index contributed by atoms with van der Waals surface area (Å²) in [6, 6.07) is 5.63. The van der Waals surface area contributed by atoms with Crippen LogP contribution in [0.25, 0.3) is 0 Å². The van der Waals surface area contributed by atoms with E-state index in [1.54, 1.807) is 12.1 Å². The lowest BCUT2D eigenvalue weighted by Gasteiger charge is -2.14. The first-order valence-electron chi connectivity index (χ1n) is 4.47. The van der Waals surface area contributed by atoms with Crippen LogP contribution in [0.2, 0.25) is 0 Å². The monoisotopic (exact) mass is 194 g/mol. The van der Waals surface area contributed by atoms with Crippen molar-refractivity contribution in [1.29, 1.82) is 0 Å². The number of amides is 1. The van der Waals surface area contributed by atoms with Crippen molar-refractivity contribution in [3.63, 3.8) is 0 Å². The van der Waals surface area contributed by atoms with E-state index < -0.39 is 0 Å². The van der Waals surface area contributed by atoms with Gasteiger partial charge < -0.3 is 11.1 Å². The smallest absolute Gasteiger partial charge is 0.222 e. The Hall–Kier alpha value is -1.42. The average molecular weight is 194 g/mol. The number of hydrogen-bond donors (Lipinski definition) is 2. The number of hydrogen-bond acceptors (Lipinski definition) is 2. The summed E-state index contributed by atoms with van der Waals surface area (Å²) in [5.41, 5.74) is 6.47. The standard InChI is InChI=1S/C10H11FN2O/c11-7-3-1-2-6(4-7)10-8(12)5-9(14)13-10/h1-4,8,10H,5,12H2,(H,13,14)/t8-,10+/m0/s1. The summed E-state index contributed by atoms with van der Waals surface area (Å²) < 4.78 is 12.9. The van der Waals surface area contributed by atoms with E-state index in [-0.39, 0.29) is 23.8 Å². The van der Waals surface area contributed by atoms with Crippen molar-refractivity contribution in [2.45, 2.75) is 18.5 Å². The van der Waals surface area contributed by atoms with Crippen LogP contribution in [-0.4, -0.2) is 11.9 Å². The van der Waals surface area contributed by atoms with Crippen LogP contribution in [0.4, 0.5) is 4.39 Å². The summed E-state index contributed by atoms with van der Waals surface area (Å²) in [5, 5.41) is 2.72. The molecule has 0 radical (unpaired) electrons. The molecule has 4 heteroatoms. The van der Waals surface area contributed by atoms with Crippen molar-refractivity contribution in [3.05, 3.63) is 35.6 Å². The Bertz CT molecular complexity index is 367. The van der Waals surface area contributed by atoms with Crippen LogP contribution in [0.1, 0.15) is 18.0 Å². The van der Waals surface area contributed by atoms with Crippen molar-refractivity contribution in [1.82, 2.24) is 5.32 Å². The molecule has 3 N–H and O–H groups in total. The van der Waals surface area contributed by atoms with E-state index in [4.69, 9.17) is 5.73 Å². The second kappa shape index (κ2) is 3.38. The second-order valence-electron chi connectivity index (χ2n) is 3.47. The summed E-state index contributed by atoms with van der Waals surface area (Å²) in [7, 11) is 0. The van der Waals surface area contributed by atoms with Gasteiger partial charge in [-0.1, -0.05) is 12.1 Å². The van der Waals surface area contributed by atoms with Crippen LogP contribution in [0.15, 0.2) is 24.3 Å². The van der Waals surface area contributed by atoms with Gasteiger partial charge in [-0.15, -0.1) is 0 Å². The maximum Gasteiger partial charge on any atom is 0.222 e. The molecular weight excluding hydrogens is 183 g/mol. The SMILES string of the molecule is N[C@H]1CC(=O)N[C@@H]1c1cccc(F)c1. The number of halogens is 1. The van der Waals surface area contributed by atoms with E-state index >= 15 is 0 Å². The van der Waals surface area contributed by atoms with Crippen molar-refractivity contribution >= 4 is 5.91 Å². The first-order valence-corrected chi connectivity index (χ1v) is 4.47. The third kappa shape index (κ3) is 1.61. The highest BCUT2D eigenvalue weighted by Crippen LogP contribution is 2.23. The van der Waals surface area contributed by atoms with E-state index in [9.17, 15) is 9.18 Å². The van der Waals surface area contributed by atoms with Gasteiger partial charge in [0.1, 0.15) is 5.82 Å². The van der Waals surface area contributed by atoms with E-state index in [1.807, 2.05) is 0 Å². The fraction of sp³-hybridized carbons (Fsp3) is 0.300. The van der Waals surface area contributed by atoms with Gasteiger partial charge in [0.05, 0.1) is 6.04 Å². The molecule has 3 nitrogen and oxygen atoms in total.